The van der Waals surface area contributed by atoms with Crippen LogP contribution in [-0.4, -0.2) is 37.0 Å². The first-order valence-electron chi connectivity index (χ1n) is 6.89. The van der Waals surface area contributed by atoms with E-state index in [2.05, 4.69) is 4.90 Å². The van der Waals surface area contributed by atoms with Crippen LogP contribution in [0, 0.1) is 17.1 Å². The van der Waals surface area contributed by atoms with E-state index in [0.717, 1.165) is 24.9 Å². The molecule has 1 aromatic rings. The summed E-state index contributed by atoms with van der Waals surface area (Å²) in [6.07, 6.45) is 1.91. The third kappa shape index (κ3) is 2.83. The van der Waals surface area contributed by atoms with Crippen LogP contribution in [0.3, 0.4) is 0 Å². The first kappa shape index (κ1) is 13.5. The van der Waals surface area contributed by atoms with Gasteiger partial charge in [-0.2, -0.15) is 5.26 Å². The van der Waals surface area contributed by atoms with Gasteiger partial charge in [0.25, 0.3) is 0 Å². The summed E-state index contributed by atoms with van der Waals surface area (Å²) in [5.74, 6) is -0.831. The predicted molar refractivity (Wildman–Crippen MR) is 70.3 cm³/mol. The maximum Gasteiger partial charge on any atom is 0.181 e. The molecule has 1 spiro atoms. The molecular weight excluding hydrogens is 259 g/mol. The van der Waals surface area contributed by atoms with Gasteiger partial charge in [-0.15, -0.1) is 0 Å². The van der Waals surface area contributed by atoms with Gasteiger partial charge >= 0.3 is 0 Å². The lowest BCUT2D eigenvalue weighted by atomic mass is 10.0. The molecule has 0 radical (unpaired) electrons. The fraction of sp³-hybridized carbons (Fsp3) is 0.533. The van der Waals surface area contributed by atoms with Crippen molar-refractivity contribution in [1.82, 2.24) is 4.90 Å². The van der Waals surface area contributed by atoms with E-state index in [-0.39, 0.29) is 5.82 Å². The van der Waals surface area contributed by atoms with Gasteiger partial charge in [-0.25, -0.2) is 4.39 Å². The molecule has 0 amide bonds. The molecular formula is C15H17FN2O2. The number of halogens is 1. The number of hydrogen-bond acceptors (Lipinski definition) is 4. The van der Waals surface area contributed by atoms with Crippen molar-refractivity contribution in [2.24, 2.45) is 0 Å². The van der Waals surface area contributed by atoms with Crippen LogP contribution >= 0.6 is 0 Å². The van der Waals surface area contributed by atoms with Crippen LogP contribution in [0.5, 0.6) is 0 Å². The van der Waals surface area contributed by atoms with Gasteiger partial charge in [0.05, 0.1) is 31.4 Å². The van der Waals surface area contributed by atoms with Crippen molar-refractivity contribution in [3.8, 4) is 6.07 Å². The molecule has 0 atom stereocenters. The minimum atomic E-state index is -0.469. The van der Waals surface area contributed by atoms with Gasteiger partial charge in [0.1, 0.15) is 5.82 Å². The van der Waals surface area contributed by atoms with Gasteiger partial charge in [-0.1, -0.05) is 0 Å². The second kappa shape index (κ2) is 5.49. The monoisotopic (exact) mass is 276 g/mol. The number of nitrogens with zero attached hydrogens (tertiary/aromatic N) is 2. The summed E-state index contributed by atoms with van der Waals surface area (Å²) in [5.41, 5.74) is 1.18. The molecule has 0 saturated carbocycles. The van der Waals surface area contributed by atoms with Crippen LogP contribution in [-0.2, 0) is 16.0 Å². The molecule has 4 nitrogen and oxygen atoms in total. The molecule has 0 bridgehead atoms. The van der Waals surface area contributed by atoms with Crippen molar-refractivity contribution >= 4 is 0 Å². The molecule has 3 rings (SSSR count). The van der Waals surface area contributed by atoms with Crippen molar-refractivity contribution in [2.75, 3.05) is 26.3 Å². The van der Waals surface area contributed by atoms with E-state index in [4.69, 9.17) is 14.7 Å². The number of benzene rings is 1. The van der Waals surface area contributed by atoms with Gasteiger partial charge in [0.15, 0.2) is 5.79 Å². The summed E-state index contributed by atoms with van der Waals surface area (Å²) in [7, 11) is 0. The highest BCUT2D eigenvalue weighted by molar-refractivity contribution is 5.33. The van der Waals surface area contributed by atoms with Gasteiger partial charge in [0.2, 0.25) is 0 Å². The number of ether oxygens (including phenoxy) is 2. The lowest BCUT2D eigenvalue weighted by Gasteiger charge is -2.38. The molecule has 5 heteroatoms. The molecule has 2 fully saturated rings. The molecule has 0 aliphatic carbocycles. The summed E-state index contributed by atoms with van der Waals surface area (Å²) >= 11 is 0. The van der Waals surface area contributed by atoms with E-state index in [1.807, 2.05) is 6.07 Å². The Bertz CT molecular complexity index is 535. The van der Waals surface area contributed by atoms with E-state index in [9.17, 15) is 4.39 Å². The Hall–Kier alpha value is -1.48. The van der Waals surface area contributed by atoms with E-state index in [0.29, 0.717) is 31.9 Å². The average Bonchev–Trinajstić information content (AvgIpc) is 2.86. The number of piperidine rings is 1. The number of hydrogen-bond donors (Lipinski definition) is 0. The van der Waals surface area contributed by atoms with Crippen LogP contribution < -0.4 is 0 Å². The maximum atomic E-state index is 13.4. The van der Waals surface area contributed by atoms with Crippen LogP contribution in [0.25, 0.3) is 0 Å². The lowest BCUT2D eigenvalue weighted by Crippen LogP contribution is -2.48. The maximum absolute atomic E-state index is 13.4. The quantitative estimate of drug-likeness (QED) is 0.829. The Kier molecular flexibility index (Phi) is 3.70. The molecule has 0 aromatic heterocycles. The number of nitriles is 1. The van der Waals surface area contributed by atoms with Crippen molar-refractivity contribution in [3.05, 3.63) is 35.1 Å². The summed E-state index contributed by atoms with van der Waals surface area (Å²) in [4.78, 5) is 2.20. The van der Waals surface area contributed by atoms with E-state index in [1.54, 1.807) is 6.07 Å². The van der Waals surface area contributed by atoms with E-state index < -0.39 is 5.79 Å². The molecule has 2 aliphatic rings. The molecule has 20 heavy (non-hydrogen) atoms. The zero-order valence-electron chi connectivity index (χ0n) is 11.3. The first-order chi connectivity index (χ1) is 9.69. The minimum Gasteiger partial charge on any atom is -0.346 e. The van der Waals surface area contributed by atoms with Gasteiger partial charge in [-0.3, -0.25) is 4.90 Å². The fourth-order valence-electron chi connectivity index (χ4n) is 3.00. The Morgan fingerprint density at radius 3 is 2.85 bits per heavy atom. The molecule has 0 unspecified atom stereocenters. The van der Waals surface area contributed by atoms with Crippen LogP contribution in [0.15, 0.2) is 18.2 Å². The second-order valence-corrected chi connectivity index (χ2v) is 5.38. The van der Waals surface area contributed by atoms with Crippen molar-refractivity contribution in [1.29, 1.82) is 5.26 Å². The fourth-order valence-corrected chi connectivity index (χ4v) is 3.00. The number of rotatable bonds is 2. The Labute approximate surface area is 117 Å². The third-order valence-electron chi connectivity index (χ3n) is 3.80. The van der Waals surface area contributed by atoms with Gasteiger partial charge in [0, 0.05) is 13.0 Å². The predicted octanol–water partition coefficient (Wildman–Crippen LogP) is 2.04. The van der Waals surface area contributed by atoms with Crippen LogP contribution in [0.1, 0.15) is 24.0 Å². The summed E-state index contributed by atoms with van der Waals surface area (Å²) < 4.78 is 24.9. The highest BCUT2D eigenvalue weighted by Gasteiger charge is 2.40. The van der Waals surface area contributed by atoms with Crippen molar-refractivity contribution in [2.45, 2.75) is 25.2 Å². The van der Waals surface area contributed by atoms with Crippen LogP contribution in [0.4, 0.5) is 4.39 Å². The standard InChI is InChI=1S/C15H17FN2O2/c16-14-7-12(9-17)6-13(8-14)10-18-3-1-2-15(11-18)19-4-5-20-15/h6-8H,1-5,10-11H2. The summed E-state index contributed by atoms with van der Waals surface area (Å²) in [6.45, 7) is 3.54. The topological polar surface area (TPSA) is 45.5 Å². The highest BCUT2D eigenvalue weighted by Crippen LogP contribution is 2.30. The lowest BCUT2D eigenvalue weighted by molar-refractivity contribution is -0.190. The summed E-state index contributed by atoms with van der Waals surface area (Å²) in [5, 5.41) is 8.89. The molecule has 2 heterocycles. The van der Waals surface area contributed by atoms with Crippen LogP contribution in [0.2, 0.25) is 0 Å². The second-order valence-electron chi connectivity index (χ2n) is 5.38. The zero-order chi connectivity index (χ0) is 14.0. The molecule has 106 valence electrons. The first-order valence-corrected chi connectivity index (χ1v) is 6.89. The number of likely N-dealkylation sites (tertiary alicyclic amines) is 1. The normalized spacial score (nSPS) is 22.0. The molecule has 2 saturated heterocycles. The minimum absolute atomic E-state index is 0.361. The highest BCUT2D eigenvalue weighted by atomic mass is 19.1. The Morgan fingerprint density at radius 1 is 1.30 bits per heavy atom. The SMILES string of the molecule is N#Cc1cc(F)cc(CN2CCCC3(C2)OCCO3)c1. The molecule has 0 N–H and O–H groups in total. The van der Waals surface area contributed by atoms with Gasteiger partial charge in [-0.05, 0) is 36.7 Å². The van der Waals surface area contributed by atoms with Crippen molar-refractivity contribution < 1.29 is 13.9 Å². The zero-order valence-corrected chi connectivity index (χ0v) is 11.3. The molecule has 1 aromatic carbocycles. The molecule has 2 aliphatic heterocycles. The third-order valence-corrected chi connectivity index (χ3v) is 3.80. The van der Waals surface area contributed by atoms with Crippen molar-refractivity contribution in [3.63, 3.8) is 0 Å². The average molecular weight is 276 g/mol. The Balaban J connectivity index is 1.71. The Morgan fingerprint density at radius 2 is 2.10 bits per heavy atom. The summed E-state index contributed by atoms with van der Waals surface area (Å²) in [6, 6.07) is 6.46. The smallest absolute Gasteiger partial charge is 0.181 e. The van der Waals surface area contributed by atoms with E-state index >= 15 is 0 Å². The van der Waals surface area contributed by atoms with Gasteiger partial charge < -0.3 is 9.47 Å². The largest absolute Gasteiger partial charge is 0.346 e. The van der Waals surface area contributed by atoms with E-state index in [1.165, 1.54) is 12.1 Å².